The van der Waals surface area contributed by atoms with E-state index in [9.17, 15) is 9.59 Å². The summed E-state index contributed by atoms with van der Waals surface area (Å²) in [6.45, 7) is 1.68. The molecule has 27 heavy (non-hydrogen) atoms. The average molecular weight is 367 g/mol. The predicted molar refractivity (Wildman–Crippen MR) is 103 cm³/mol. The third-order valence-electron chi connectivity index (χ3n) is 4.96. The maximum atomic E-state index is 13.1. The number of benzene rings is 2. The molecule has 5 nitrogen and oxygen atoms in total. The molecule has 1 amide bonds. The smallest absolute Gasteiger partial charge is 0.303 e. The summed E-state index contributed by atoms with van der Waals surface area (Å²) in [4.78, 5) is 25.7. The van der Waals surface area contributed by atoms with Crippen LogP contribution in [0.2, 0.25) is 0 Å². The van der Waals surface area contributed by atoms with E-state index >= 15 is 0 Å². The zero-order chi connectivity index (χ0) is 19.1. The van der Waals surface area contributed by atoms with E-state index in [1.54, 1.807) is 0 Å². The first-order valence-electron chi connectivity index (χ1n) is 9.40. The Hall–Kier alpha value is -2.82. The Bertz CT molecular complexity index is 775. The highest BCUT2D eigenvalue weighted by Gasteiger charge is 2.26. The lowest BCUT2D eigenvalue weighted by atomic mass is 9.92. The van der Waals surface area contributed by atoms with E-state index in [-0.39, 0.29) is 18.2 Å². The minimum atomic E-state index is -0.776. The van der Waals surface area contributed by atoms with E-state index in [2.05, 4.69) is 0 Å². The van der Waals surface area contributed by atoms with Gasteiger partial charge >= 0.3 is 5.97 Å². The van der Waals surface area contributed by atoms with Crippen LogP contribution in [0.25, 0.3) is 0 Å². The number of piperidine rings is 1. The van der Waals surface area contributed by atoms with Crippen LogP contribution < -0.4 is 4.74 Å². The number of carboxylic acid groups (broad SMARTS) is 1. The number of nitrogens with zero attached hydrogens (tertiary/aromatic N) is 1. The van der Waals surface area contributed by atoms with Gasteiger partial charge in [-0.25, -0.2) is 0 Å². The van der Waals surface area contributed by atoms with E-state index in [0.717, 1.165) is 30.7 Å². The molecule has 2 aromatic carbocycles. The zero-order valence-corrected chi connectivity index (χ0v) is 15.3. The van der Waals surface area contributed by atoms with Crippen LogP contribution in [-0.4, -0.2) is 35.0 Å². The number of ether oxygens (including phenoxy) is 1. The van der Waals surface area contributed by atoms with Crippen LogP contribution >= 0.6 is 0 Å². The first-order chi connectivity index (χ1) is 13.1. The van der Waals surface area contributed by atoms with E-state index in [4.69, 9.17) is 9.84 Å². The predicted octanol–water partition coefficient (Wildman–Crippen LogP) is 3.98. The molecule has 1 aliphatic heterocycles. The first kappa shape index (κ1) is 19.0. The summed E-state index contributed by atoms with van der Waals surface area (Å²) in [5.74, 6) is 0.252. The largest absolute Gasteiger partial charge is 0.489 e. The van der Waals surface area contributed by atoms with Gasteiger partial charge in [-0.2, -0.15) is 0 Å². The van der Waals surface area contributed by atoms with Gasteiger partial charge in [-0.15, -0.1) is 0 Å². The molecule has 1 fully saturated rings. The van der Waals surface area contributed by atoms with E-state index in [1.807, 2.05) is 59.5 Å². The van der Waals surface area contributed by atoms with Crippen molar-refractivity contribution in [1.29, 1.82) is 0 Å². The highest BCUT2D eigenvalue weighted by Crippen LogP contribution is 2.24. The van der Waals surface area contributed by atoms with E-state index < -0.39 is 5.97 Å². The highest BCUT2D eigenvalue weighted by molar-refractivity contribution is 5.95. The number of aliphatic carboxylic acids is 1. The van der Waals surface area contributed by atoms with Crippen molar-refractivity contribution < 1.29 is 19.4 Å². The van der Waals surface area contributed by atoms with Gasteiger partial charge in [-0.3, -0.25) is 9.59 Å². The van der Waals surface area contributed by atoms with Gasteiger partial charge in [0.1, 0.15) is 12.4 Å². The van der Waals surface area contributed by atoms with Crippen LogP contribution in [0.1, 0.15) is 41.6 Å². The van der Waals surface area contributed by atoms with Gasteiger partial charge in [-0.05, 0) is 43.4 Å². The summed E-state index contributed by atoms with van der Waals surface area (Å²) in [5, 5.41) is 8.89. The fourth-order valence-corrected chi connectivity index (χ4v) is 3.52. The molecule has 1 heterocycles. The molecule has 1 unspecified atom stereocenters. The molecule has 0 spiro atoms. The summed E-state index contributed by atoms with van der Waals surface area (Å²) in [6.07, 6.45) is 2.68. The molecule has 1 saturated heterocycles. The number of carbonyl (C=O) groups is 2. The maximum Gasteiger partial charge on any atom is 0.303 e. The molecule has 1 aliphatic rings. The Balaban J connectivity index is 1.66. The fourth-order valence-electron chi connectivity index (χ4n) is 3.52. The Kier molecular flexibility index (Phi) is 6.47. The van der Waals surface area contributed by atoms with Crippen molar-refractivity contribution in [2.24, 2.45) is 5.92 Å². The lowest BCUT2D eigenvalue weighted by Crippen LogP contribution is -2.40. The third kappa shape index (κ3) is 5.33. The Morgan fingerprint density at radius 1 is 1.07 bits per heavy atom. The van der Waals surface area contributed by atoms with Crippen molar-refractivity contribution >= 4 is 11.9 Å². The molecular formula is C22H25NO4. The van der Waals surface area contributed by atoms with Gasteiger partial charge in [0.2, 0.25) is 0 Å². The number of hydrogen-bond acceptors (Lipinski definition) is 3. The summed E-state index contributed by atoms with van der Waals surface area (Å²) in [6, 6.07) is 17.1. The monoisotopic (exact) mass is 367 g/mol. The molecule has 2 aromatic rings. The average Bonchev–Trinajstić information content (AvgIpc) is 2.71. The summed E-state index contributed by atoms with van der Waals surface area (Å²) in [5.41, 5.74) is 1.52. The topological polar surface area (TPSA) is 66.8 Å². The second-order valence-electron chi connectivity index (χ2n) is 6.95. The summed E-state index contributed by atoms with van der Waals surface area (Å²) < 4.78 is 5.82. The van der Waals surface area contributed by atoms with Crippen LogP contribution in [0.3, 0.4) is 0 Å². The molecule has 3 rings (SSSR count). The molecule has 5 heteroatoms. The van der Waals surface area contributed by atoms with Crippen LogP contribution in [0.5, 0.6) is 5.75 Å². The van der Waals surface area contributed by atoms with Crippen molar-refractivity contribution in [2.45, 2.75) is 32.3 Å². The SMILES string of the molecule is O=C(O)CCC1CCCN(C(=O)c2ccccc2COc2ccccc2)C1. The molecule has 1 N–H and O–H groups in total. The summed E-state index contributed by atoms with van der Waals surface area (Å²) in [7, 11) is 0. The third-order valence-corrected chi connectivity index (χ3v) is 4.96. The molecule has 0 aromatic heterocycles. The number of para-hydroxylation sites is 1. The van der Waals surface area contributed by atoms with Crippen molar-refractivity contribution in [3.8, 4) is 5.75 Å². The number of hydrogen-bond donors (Lipinski definition) is 1. The number of rotatable bonds is 7. The molecule has 1 atom stereocenters. The minimum Gasteiger partial charge on any atom is -0.489 e. The second-order valence-corrected chi connectivity index (χ2v) is 6.95. The maximum absolute atomic E-state index is 13.1. The lowest BCUT2D eigenvalue weighted by molar-refractivity contribution is -0.137. The number of carbonyl (C=O) groups excluding carboxylic acids is 1. The molecule has 0 bridgehead atoms. The van der Waals surface area contributed by atoms with Crippen LogP contribution in [0.4, 0.5) is 0 Å². The molecule has 0 aliphatic carbocycles. The fraction of sp³-hybridized carbons (Fsp3) is 0.364. The summed E-state index contributed by atoms with van der Waals surface area (Å²) >= 11 is 0. The lowest BCUT2D eigenvalue weighted by Gasteiger charge is -2.33. The van der Waals surface area contributed by atoms with Gasteiger partial charge in [0.15, 0.2) is 0 Å². The molecule has 142 valence electrons. The molecule has 0 radical (unpaired) electrons. The Labute approximate surface area is 159 Å². The number of likely N-dealkylation sites (tertiary alicyclic amines) is 1. The standard InChI is InChI=1S/C22H25NO4/c24-21(25)13-12-17-7-6-14-23(15-17)22(26)20-11-5-4-8-18(20)16-27-19-9-2-1-3-10-19/h1-5,8-11,17H,6-7,12-16H2,(H,24,25). The quantitative estimate of drug-likeness (QED) is 0.804. The van der Waals surface area contributed by atoms with Crippen molar-refractivity contribution in [3.05, 3.63) is 65.7 Å². The molecular weight excluding hydrogens is 342 g/mol. The van der Waals surface area contributed by atoms with Crippen molar-refractivity contribution in [1.82, 2.24) is 4.90 Å². The number of carboxylic acids is 1. The normalized spacial score (nSPS) is 16.7. The van der Waals surface area contributed by atoms with Crippen molar-refractivity contribution in [2.75, 3.05) is 13.1 Å². The molecule has 0 saturated carbocycles. The van der Waals surface area contributed by atoms with Crippen molar-refractivity contribution in [3.63, 3.8) is 0 Å². The second kappa shape index (κ2) is 9.21. The van der Waals surface area contributed by atoms with Gasteiger partial charge in [-0.1, -0.05) is 36.4 Å². The zero-order valence-electron chi connectivity index (χ0n) is 15.3. The van der Waals surface area contributed by atoms with Gasteiger partial charge in [0.05, 0.1) is 0 Å². The van der Waals surface area contributed by atoms with Crippen LogP contribution in [0.15, 0.2) is 54.6 Å². The number of amides is 1. The van der Waals surface area contributed by atoms with Gasteiger partial charge in [0, 0.05) is 30.6 Å². The minimum absolute atomic E-state index is 0.00212. The highest BCUT2D eigenvalue weighted by atomic mass is 16.5. The van der Waals surface area contributed by atoms with E-state index in [1.165, 1.54) is 0 Å². The van der Waals surface area contributed by atoms with Crippen LogP contribution in [0, 0.1) is 5.92 Å². The van der Waals surface area contributed by atoms with Gasteiger partial charge < -0.3 is 14.7 Å². The Morgan fingerprint density at radius 3 is 2.59 bits per heavy atom. The van der Waals surface area contributed by atoms with E-state index in [0.29, 0.717) is 25.1 Å². The van der Waals surface area contributed by atoms with Gasteiger partial charge in [0.25, 0.3) is 5.91 Å². The van der Waals surface area contributed by atoms with Crippen LogP contribution in [-0.2, 0) is 11.4 Å². The Morgan fingerprint density at radius 2 is 1.81 bits per heavy atom. The first-order valence-corrected chi connectivity index (χ1v) is 9.40.